The van der Waals surface area contributed by atoms with Crippen LogP contribution in [0.2, 0.25) is 0 Å². The van der Waals surface area contributed by atoms with Crippen molar-refractivity contribution in [3.05, 3.63) is 72.9 Å². The van der Waals surface area contributed by atoms with Crippen molar-refractivity contribution in [2.24, 2.45) is 0 Å². The van der Waals surface area contributed by atoms with E-state index < -0.39 is 20.0 Å². The van der Waals surface area contributed by atoms with Crippen LogP contribution >= 0.6 is 7.82 Å². The molecule has 0 aliphatic rings. The van der Waals surface area contributed by atoms with E-state index in [0.717, 1.165) is 77.0 Å². The number of carbonyl (C=O) groups is 1. The summed E-state index contributed by atoms with van der Waals surface area (Å²) in [5.74, 6) is -0.143. The maximum absolute atomic E-state index is 13.0. The van der Waals surface area contributed by atoms with Crippen molar-refractivity contribution >= 4 is 13.7 Å². The molecule has 1 amide bonds. The Labute approximate surface area is 446 Å². The van der Waals surface area contributed by atoms with Crippen LogP contribution in [0.25, 0.3) is 0 Å². The van der Waals surface area contributed by atoms with Crippen molar-refractivity contribution in [2.75, 3.05) is 40.9 Å². The fraction of sp³-hybridized carbons (Fsp3) is 0.794. The molecule has 0 aromatic rings. The van der Waals surface area contributed by atoms with E-state index in [4.69, 9.17) is 9.05 Å². The molecule has 8 nitrogen and oxygen atoms in total. The topological polar surface area (TPSA) is 105 Å². The SMILES string of the molecule is CC/C=C\C/C=C\C/C=C\C/C=C\C/C=C\C/C=C\CCCCCCCCCCCCCCCCCCCCC(=O)NC(COP(=O)(O)OCC[N+](C)(C)C)C(O)CCCCCCCCCCCCCCC. The number of rotatable bonds is 55. The van der Waals surface area contributed by atoms with Gasteiger partial charge in [0.1, 0.15) is 13.2 Å². The summed E-state index contributed by atoms with van der Waals surface area (Å²) in [4.78, 5) is 23.3. The quantitative estimate of drug-likeness (QED) is 0.0243. The van der Waals surface area contributed by atoms with Gasteiger partial charge >= 0.3 is 7.82 Å². The summed E-state index contributed by atoms with van der Waals surface area (Å²) in [6, 6.07) is -0.761. The van der Waals surface area contributed by atoms with Gasteiger partial charge in [-0.2, -0.15) is 0 Å². The smallest absolute Gasteiger partial charge is 0.391 e. The minimum atomic E-state index is -4.32. The molecule has 0 aromatic carbocycles. The Kier molecular flexibility index (Phi) is 52.2. The molecule has 0 aromatic heterocycles. The van der Waals surface area contributed by atoms with Gasteiger partial charge in [0, 0.05) is 6.42 Å². The van der Waals surface area contributed by atoms with E-state index in [-0.39, 0.29) is 19.1 Å². The Hall–Kier alpha value is -2.06. The standard InChI is InChI=1S/C63H117N2O6P/c1-6-8-10-12-14-16-18-20-21-22-23-24-25-26-27-28-29-30-31-32-33-34-35-36-37-38-39-40-41-42-43-45-47-49-51-53-55-57-63(67)64-61(60-71-72(68,69)70-59-58-65(3,4)5)62(66)56-54-52-50-48-46-44-19-17-15-13-11-9-7-2/h8,10,14,16,20-21,23-24,26-27,29-30,61-62,66H,6-7,9,11-13,15,17-19,22,25,28,31-60H2,1-5H3,(H-,64,67,68,69)/p+1/b10-8-,16-14-,21-20-,24-23-,27-26-,30-29-. The molecule has 0 fully saturated rings. The number of hydrogen-bond donors (Lipinski definition) is 3. The molecule has 0 aliphatic heterocycles. The lowest BCUT2D eigenvalue weighted by molar-refractivity contribution is -0.870. The minimum Gasteiger partial charge on any atom is -0.391 e. The molecule has 0 spiro atoms. The van der Waals surface area contributed by atoms with Gasteiger partial charge in [-0.25, -0.2) is 4.57 Å². The van der Waals surface area contributed by atoms with E-state index in [1.165, 1.54) is 167 Å². The van der Waals surface area contributed by atoms with Crippen LogP contribution in [0, 0.1) is 0 Å². The second-order valence-corrected chi connectivity index (χ2v) is 23.2. The monoisotopic (exact) mass is 1030 g/mol. The molecular formula is C63H118N2O6P+. The Morgan fingerprint density at radius 1 is 0.486 bits per heavy atom. The third kappa shape index (κ3) is 55.7. The lowest BCUT2D eigenvalue weighted by Crippen LogP contribution is -2.46. The molecule has 3 atom stereocenters. The lowest BCUT2D eigenvalue weighted by atomic mass is 10.0. The van der Waals surface area contributed by atoms with Gasteiger partial charge in [0.15, 0.2) is 0 Å². The predicted molar refractivity (Wildman–Crippen MR) is 313 cm³/mol. The molecule has 0 saturated carbocycles. The number of allylic oxidation sites excluding steroid dienone is 12. The van der Waals surface area contributed by atoms with E-state index in [2.05, 4.69) is 92.1 Å². The second kappa shape index (κ2) is 53.8. The highest BCUT2D eigenvalue weighted by atomic mass is 31.2. The number of phosphoric ester groups is 1. The van der Waals surface area contributed by atoms with Crippen LogP contribution < -0.4 is 5.32 Å². The van der Waals surface area contributed by atoms with Crippen molar-refractivity contribution in [1.29, 1.82) is 0 Å². The van der Waals surface area contributed by atoms with Gasteiger partial charge in [0.05, 0.1) is 39.9 Å². The average molecular weight is 1030 g/mol. The molecule has 0 aliphatic carbocycles. The van der Waals surface area contributed by atoms with Crippen LogP contribution in [0.1, 0.15) is 271 Å². The zero-order valence-electron chi connectivity index (χ0n) is 47.9. The number of carbonyl (C=O) groups excluding carboxylic acids is 1. The van der Waals surface area contributed by atoms with Crippen LogP contribution in [0.5, 0.6) is 0 Å². The summed E-state index contributed by atoms with van der Waals surface area (Å²) in [7, 11) is 1.62. The summed E-state index contributed by atoms with van der Waals surface area (Å²) < 4.78 is 23.7. The van der Waals surface area contributed by atoms with Crippen molar-refractivity contribution in [3.8, 4) is 0 Å². The number of aliphatic hydroxyl groups excluding tert-OH is 1. The number of aliphatic hydroxyl groups is 1. The zero-order valence-corrected chi connectivity index (χ0v) is 48.8. The highest BCUT2D eigenvalue weighted by Crippen LogP contribution is 2.43. The number of phosphoric acid groups is 1. The number of nitrogens with zero attached hydrogens (tertiary/aromatic N) is 1. The normalized spacial score (nSPS) is 14.4. The second-order valence-electron chi connectivity index (χ2n) is 21.7. The molecule has 9 heteroatoms. The molecule has 3 unspecified atom stereocenters. The van der Waals surface area contributed by atoms with E-state index in [9.17, 15) is 19.4 Å². The first-order chi connectivity index (χ1) is 35.0. The number of likely N-dealkylation sites (N-methyl/N-ethyl adjacent to an activating group) is 1. The minimum absolute atomic E-state index is 0.0743. The van der Waals surface area contributed by atoms with Crippen LogP contribution in [0.15, 0.2) is 72.9 Å². The van der Waals surface area contributed by atoms with E-state index >= 15 is 0 Å². The van der Waals surface area contributed by atoms with E-state index in [1.54, 1.807) is 0 Å². The molecule has 72 heavy (non-hydrogen) atoms. The highest BCUT2D eigenvalue weighted by molar-refractivity contribution is 7.47. The van der Waals surface area contributed by atoms with Gasteiger partial charge in [0.2, 0.25) is 5.91 Å². The summed E-state index contributed by atoms with van der Waals surface area (Å²) in [5, 5.41) is 14.0. The molecule has 0 saturated heterocycles. The fourth-order valence-corrected chi connectivity index (χ4v) is 9.49. The van der Waals surface area contributed by atoms with Gasteiger partial charge < -0.3 is 19.8 Å². The van der Waals surface area contributed by atoms with Gasteiger partial charge in [0.25, 0.3) is 0 Å². The van der Waals surface area contributed by atoms with Crippen molar-refractivity contribution < 1.29 is 32.9 Å². The molecule has 0 radical (unpaired) electrons. The van der Waals surface area contributed by atoms with Gasteiger partial charge in [-0.15, -0.1) is 0 Å². The lowest BCUT2D eigenvalue weighted by Gasteiger charge is -2.26. The molecule has 0 bridgehead atoms. The number of quaternary nitrogens is 1. The average Bonchev–Trinajstić information content (AvgIpc) is 3.34. The highest BCUT2D eigenvalue weighted by Gasteiger charge is 2.28. The van der Waals surface area contributed by atoms with Crippen molar-refractivity contribution in [2.45, 2.75) is 283 Å². The summed E-state index contributed by atoms with van der Waals surface area (Å²) >= 11 is 0. The first kappa shape index (κ1) is 69.9. The number of amides is 1. The van der Waals surface area contributed by atoms with Crippen LogP contribution in [-0.2, 0) is 18.4 Å². The number of unbranched alkanes of at least 4 members (excludes halogenated alkanes) is 30. The Balaban J connectivity index is 3.95. The predicted octanol–water partition coefficient (Wildman–Crippen LogP) is 18.7. The number of hydrogen-bond acceptors (Lipinski definition) is 5. The van der Waals surface area contributed by atoms with Crippen LogP contribution in [-0.4, -0.2) is 73.4 Å². The first-order valence-electron chi connectivity index (χ1n) is 30.3. The summed E-state index contributed by atoms with van der Waals surface area (Å²) in [6.45, 7) is 4.78. The maximum Gasteiger partial charge on any atom is 0.472 e. The van der Waals surface area contributed by atoms with E-state index in [1.807, 2.05) is 21.1 Å². The third-order valence-electron chi connectivity index (χ3n) is 13.5. The maximum atomic E-state index is 13.0. The summed E-state index contributed by atoms with van der Waals surface area (Å²) in [6.07, 6.45) is 74.0. The van der Waals surface area contributed by atoms with Crippen molar-refractivity contribution in [1.82, 2.24) is 5.32 Å². The van der Waals surface area contributed by atoms with Crippen LogP contribution in [0.3, 0.4) is 0 Å². The number of nitrogens with one attached hydrogen (secondary N) is 1. The molecule has 3 N–H and O–H groups in total. The Morgan fingerprint density at radius 3 is 1.22 bits per heavy atom. The molecule has 0 rings (SSSR count). The molecule has 0 heterocycles. The van der Waals surface area contributed by atoms with Gasteiger partial charge in [-0.1, -0.05) is 273 Å². The molecule has 420 valence electrons. The van der Waals surface area contributed by atoms with Crippen molar-refractivity contribution in [3.63, 3.8) is 0 Å². The Bertz CT molecular complexity index is 1400. The molecular weight excluding hydrogens is 912 g/mol. The zero-order chi connectivity index (χ0) is 52.7. The van der Waals surface area contributed by atoms with Crippen LogP contribution in [0.4, 0.5) is 0 Å². The van der Waals surface area contributed by atoms with Gasteiger partial charge in [-0.05, 0) is 64.2 Å². The fourth-order valence-electron chi connectivity index (χ4n) is 8.76. The third-order valence-corrected chi connectivity index (χ3v) is 14.5. The summed E-state index contributed by atoms with van der Waals surface area (Å²) in [5.41, 5.74) is 0. The first-order valence-corrected chi connectivity index (χ1v) is 31.8. The largest absolute Gasteiger partial charge is 0.472 e. The van der Waals surface area contributed by atoms with E-state index in [0.29, 0.717) is 23.9 Å². The van der Waals surface area contributed by atoms with Gasteiger partial charge in [-0.3, -0.25) is 13.8 Å². The Morgan fingerprint density at radius 2 is 0.833 bits per heavy atom.